The van der Waals surface area contributed by atoms with E-state index in [1.807, 2.05) is 0 Å². The molecule has 6 nitrogen and oxygen atoms in total. The Kier molecular flexibility index (Phi) is 12.5. The molecule has 13 heteroatoms. The summed E-state index contributed by atoms with van der Waals surface area (Å²) < 4.78 is 69.6. The summed E-state index contributed by atoms with van der Waals surface area (Å²) in [5, 5.41) is 20.0. The Morgan fingerprint density at radius 2 is 0.920 bits per heavy atom. The summed E-state index contributed by atoms with van der Waals surface area (Å²) in [6.07, 6.45) is -11.0. The first kappa shape index (κ1) is 28.2. The summed E-state index contributed by atoms with van der Waals surface area (Å²) in [7, 11) is 0. The molecule has 0 aromatic carbocycles. The Bertz CT molecular complexity index is 443. The number of aliphatic carboxylic acids is 2. The molecule has 0 amide bonds. The van der Waals surface area contributed by atoms with Gasteiger partial charge in [-0.1, -0.05) is 13.8 Å². The van der Waals surface area contributed by atoms with Crippen molar-refractivity contribution in [3.05, 3.63) is 0 Å². The van der Waals surface area contributed by atoms with E-state index in [1.165, 1.54) is 13.8 Å². The number of Topliss-reactive ketones (excluding diaryl/α,β-unsaturated/α-hetero) is 2. The third-order valence-electron chi connectivity index (χ3n) is 2.58. The van der Waals surface area contributed by atoms with Crippen molar-refractivity contribution in [2.75, 3.05) is 0 Å². The van der Waals surface area contributed by atoms with Crippen LogP contribution in [0, 0.1) is 11.8 Å². The van der Waals surface area contributed by atoms with Gasteiger partial charge in [0.25, 0.3) is 0 Å². The molecule has 0 aromatic heterocycles. The van der Waals surface area contributed by atoms with E-state index in [4.69, 9.17) is 0 Å². The van der Waals surface area contributed by atoms with Crippen molar-refractivity contribution in [2.24, 2.45) is 11.8 Å². The van der Waals surface area contributed by atoms with Crippen molar-refractivity contribution in [1.29, 1.82) is 0 Å². The molecule has 2 unspecified atom stereocenters. The number of alkyl halides is 6. The fourth-order valence-corrected chi connectivity index (χ4v) is 1.31. The number of rotatable bonds is 6. The number of halogens is 6. The molecule has 0 rings (SSSR count). The molecule has 0 aliphatic carbocycles. The number of ketones is 2. The van der Waals surface area contributed by atoms with Crippen LogP contribution in [-0.4, -0.2) is 35.9 Å². The van der Waals surface area contributed by atoms with Gasteiger partial charge in [0.15, 0.2) is 0 Å². The minimum Gasteiger partial charge on any atom is -0.549 e. The zero-order chi connectivity index (χ0) is 19.9. The summed E-state index contributed by atoms with van der Waals surface area (Å²) in [6, 6.07) is 0. The second-order valence-corrected chi connectivity index (χ2v) is 4.28. The molecule has 0 saturated heterocycles. The van der Waals surface area contributed by atoms with Crippen LogP contribution in [0.3, 0.4) is 0 Å². The van der Waals surface area contributed by atoms with E-state index < -0.39 is 60.5 Å². The Balaban J connectivity index is -0.000000372. The molecule has 0 aromatic rings. The van der Waals surface area contributed by atoms with E-state index in [2.05, 4.69) is 0 Å². The Morgan fingerprint density at radius 3 is 0.960 bits per heavy atom. The van der Waals surface area contributed by atoms with Crippen LogP contribution < -0.4 is 10.2 Å². The fraction of sp³-hybridized carbons (Fsp3) is 0.667. The molecule has 149 valence electrons. The number of hydrogen-bond acceptors (Lipinski definition) is 6. The van der Waals surface area contributed by atoms with Crippen molar-refractivity contribution >= 4 is 23.5 Å². The summed E-state index contributed by atoms with van der Waals surface area (Å²) in [5.41, 5.74) is 0. The van der Waals surface area contributed by atoms with Crippen molar-refractivity contribution in [1.82, 2.24) is 0 Å². The SMILES string of the molecule is CCC(C(=O)[O-])C(=O)C(F)(F)F.CCC(C(=O)[O-])C(=O)C(F)(F)F.[Cu+2]. The minimum absolute atomic E-state index is 0. The summed E-state index contributed by atoms with van der Waals surface area (Å²) in [5.74, 6) is -12.6. The van der Waals surface area contributed by atoms with E-state index in [9.17, 15) is 55.7 Å². The second-order valence-electron chi connectivity index (χ2n) is 4.28. The normalized spacial score (nSPS) is 13.4. The van der Waals surface area contributed by atoms with E-state index in [0.29, 0.717) is 0 Å². The third kappa shape index (κ3) is 10.1. The van der Waals surface area contributed by atoms with Crippen LogP contribution in [-0.2, 0) is 36.2 Å². The number of carboxylic acids is 2. The summed E-state index contributed by atoms with van der Waals surface area (Å²) in [4.78, 5) is 40.6. The van der Waals surface area contributed by atoms with E-state index >= 15 is 0 Å². The molecule has 0 aliphatic heterocycles. The van der Waals surface area contributed by atoms with E-state index in [0.717, 1.165) is 0 Å². The number of carbonyl (C=O) groups excluding carboxylic acids is 4. The maximum atomic E-state index is 11.6. The standard InChI is InChI=1S/2C6H7F3O3.Cu/c2*1-2-3(5(11)12)4(10)6(7,8)9;/h2*3H,2H2,1H3,(H,11,12);/q;;+2/p-2. The second kappa shape index (κ2) is 11.1. The predicted octanol–water partition coefficient (Wildman–Crippen LogP) is -0.215. The first-order chi connectivity index (χ1) is 10.6. The van der Waals surface area contributed by atoms with Gasteiger partial charge in [-0.2, -0.15) is 26.3 Å². The van der Waals surface area contributed by atoms with Crippen LogP contribution in [0.1, 0.15) is 26.7 Å². The Hall–Kier alpha value is -1.62. The van der Waals surface area contributed by atoms with Gasteiger partial charge in [0.05, 0.1) is 23.8 Å². The van der Waals surface area contributed by atoms with Crippen LogP contribution in [0.25, 0.3) is 0 Å². The van der Waals surface area contributed by atoms with Gasteiger partial charge < -0.3 is 19.8 Å². The molecular formula is C12H12CuF6O6. The molecule has 0 saturated carbocycles. The van der Waals surface area contributed by atoms with Crippen LogP contribution >= 0.6 is 0 Å². The molecule has 1 radical (unpaired) electrons. The molecule has 0 heterocycles. The Morgan fingerprint density at radius 1 is 0.720 bits per heavy atom. The predicted molar refractivity (Wildman–Crippen MR) is 59.7 cm³/mol. The van der Waals surface area contributed by atoms with Gasteiger partial charge in [0.2, 0.25) is 11.6 Å². The maximum Gasteiger partial charge on any atom is 2.00 e. The average molecular weight is 430 g/mol. The molecule has 25 heavy (non-hydrogen) atoms. The monoisotopic (exact) mass is 429 g/mol. The van der Waals surface area contributed by atoms with Gasteiger partial charge in [0.1, 0.15) is 0 Å². The molecular weight excluding hydrogens is 418 g/mol. The van der Waals surface area contributed by atoms with Crippen LogP contribution in [0.2, 0.25) is 0 Å². The Labute approximate surface area is 148 Å². The van der Waals surface area contributed by atoms with Gasteiger partial charge in [-0.15, -0.1) is 0 Å². The topological polar surface area (TPSA) is 114 Å². The fourth-order valence-electron chi connectivity index (χ4n) is 1.31. The van der Waals surface area contributed by atoms with Gasteiger partial charge in [-0.3, -0.25) is 9.59 Å². The summed E-state index contributed by atoms with van der Waals surface area (Å²) >= 11 is 0. The van der Waals surface area contributed by atoms with Crippen molar-refractivity contribution < 1.29 is 72.8 Å². The molecule has 0 spiro atoms. The number of hydrogen-bond donors (Lipinski definition) is 0. The largest absolute Gasteiger partial charge is 2.00 e. The van der Waals surface area contributed by atoms with E-state index in [1.54, 1.807) is 0 Å². The van der Waals surface area contributed by atoms with Crippen molar-refractivity contribution in [2.45, 2.75) is 39.0 Å². The number of carbonyl (C=O) groups is 4. The number of carboxylic acid groups (broad SMARTS) is 2. The third-order valence-corrected chi connectivity index (χ3v) is 2.58. The van der Waals surface area contributed by atoms with E-state index in [-0.39, 0.29) is 17.1 Å². The van der Waals surface area contributed by atoms with Gasteiger partial charge >= 0.3 is 29.4 Å². The quantitative estimate of drug-likeness (QED) is 0.328. The van der Waals surface area contributed by atoms with Crippen molar-refractivity contribution in [3.63, 3.8) is 0 Å². The molecule has 0 aliphatic rings. The zero-order valence-corrected chi connectivity index (χ0v) is 13.5. The molecule has 2 atom stereocenters. The van der Waals surface area contributed by atoms with Gasteiger partial charge in [-0.05, 0) is 12.8 Å². The van der Waals surface area contributed by atoms with Crippen LogP contribution in [0.15, 0.2) is 0 Å². The van der Waals surface area contributed by atoms with Crippen LogP contribution in [0.4, 0.5) is 26.3 Å². The van der Waals surface area contributed by atoms with Crippen LogP contribution in [0.5, 0.6) is 0 Å². The maximum absolute atomic E-state index is 11.6. The van der Waals surface area contributed by atoms with Gasteiger partial charge in [0, 0.05) is 0 Å². The first-order valence-electron chi connectivity index (χ1n) is 6.24. The molecule has 0 fully saturated rings. The van der Waals surface area contributed by atoms with Crippen molar-refractivity contribution in [3.8, 4) is 0 Å². The molecule has 0 bridgehead atoms. The minimum atomic E-state index is -5.10. The molecule has 0 N–H and O–H groups in total. The zero-order valence-electron chi connectivity index (χ0n) is 12.6. The first-order valence-corrected chi connectivity index (χ1v) is 6.24. The summed E-state index contributed by atoms with van der Waals surface area (Å²) in [6.45, 7) is 2.34. The average Bonchev–Trinajstić information content (AvgIpc) is 2.37. The smallest absolute Gasteiger partial charge is 0.549 e. The van der Waals surface area contributed by atoms with Gasteiger partial charge in [-0.25, -0.2) is 0 Å².